The van der Waals surface area contributed by atoms with Crippen molar-refractivity contribution in [3.05, 3.63) is 0 Å². The van der Waals surface area contributed by atoms with E-state index in [1.54, 1.807) is 13.8 Å². The van der Waals surface area contributed by atoms with Crippen molar-refractivity contribution in [2.45, 2.75) is 19.8 Å². The van der Waals surface area contributed by atoms with Gasteiger partial charge in [-0.15, -0.1) is 4.52 Å². The van der Waals surface area contributed by atoms with E-state index in [0.29, 0.717) is 11.9 Å². The molecule has 0 aromatic heterocycles. The molecule has 96 valence electrons. The van der Waals surface area contributed by atoms with Crippen LogP contribution in [0.5, 0.6) is 0 Å². The highest BCUT2D eigenvalue weighted by Crippen LogP contribution is 2.31. The lowest BCUT2D eigenvalue weighted by Crippen LogP contribution is -2.39. The molecule has 2 unspecified atom stereocenters. The van der Waals surface area contributed by atoms with Gasteiger partial charge in [0.15, 0.2) is 0 Å². The molecule has 0 radical (unpaired) electrons. The first-order chi connectivity index (χ1) is 7.58. The molecule has 0 bridgehead atoms. The number of ether oxygens (including phenoxy) is 2. The summed E-state index contributed by atoms with van der Waals surface area (Å²) >= 11 is 3.10. The van der Waals surface area contributed by atoms with E-state index < -0.39 is 14.2 Å². The van der Waals surface area contributed by atoms with Crippen molar-refractivity contribution in [1.82, 2.24) is 0 Å². The maximum atomic E-state index is 11.2. The highest BCUT2D eigenvalue weighted by molar-refractivity contribution is 9.09. The Labute approximate surface area is 104 Å². The Balaban J connectivity index is 4.13. The molecule has 0 aliphatic rings. The van der Waals surface area contributed by atoms with Crippen LogP contribution in [0.2, 0.25) is 0 Å². The second-order valence-corrected chi connectivity index (χ2v) is 4.30. The Morgan fingerprint density at radius 3 is 2.56 bits per heavy atom. The molecule has 0 aliphatic heterocycles. The molecule has 0 heterocycles. The van der Waals surface area contributed by atoms with Gasteiger partial charge in [-0.3, -0.25) is 0 Å². The van der Waals surface area contributed by atoms with Gasteiger partial charge in [0, 0.05) is 23.1 Å². The average Bonchev–Trinajstić information content (AvgIpc) is 2.24. The monoisotopic (exact) mass is 319 g/mol. The van der Waals surface area contributed by atoms with Gasteiger partial charge >= 0.3 is 14.2 Å². The minimum Gasteiger partial charge on any atom is -0.373 e. The number of hydrogen-bond acceptors (Lipinski definition) is 6. The Kier molecular flexibility index (Phi) is 9.64. The average molecular weight is 320 g/mol. The number of hydrogen-bond donors (Lipinski definition) is 1. The summed E-state index contributed by atoms with van der Waals surface area (Å²) in [5.74, 6) is -2.02. The second-order valence-electron chi connectivity index (χ2n) is 2.62. The van der Waals surface area contributed by atoms with Crippen molar-refractivity contribution < 1.29 is 28.2 Å². The lowest BCUT2D eigenvalue weighted by molar-refractivity contribution is -0.337. The zero-order valence-electron chi connectivity index (χ0n) is 9.35. The molecule has 0 aliphatic carbocycles. The minimum absolute atomic E-state index is 0.200. The van der Waals surface area contributed by atoms with Crippen LogP contribution in [0.15, 0.2) is 0 Å². The molecule has 2 atom stereocenters. The summed E-state index contributed by atoms with van der Waals surface area (Å²) in [5.41, 5.74) is 0. The van der Waals surface area contributed by atoms with Crippen molar-refractivity contribution in [3.8, 4) is 0 Å². The Hall–Kier alpha value is 0.380. The summed E-state index contributed by atoms with van der Waals surface area (Å²) in [6, 6.07) is 0. The van der Waals surface area contributed by atoms with Gasteiger partial charge in [0.2, 0.25) is 0 Å². The quantitative estimate of drug-likeness (QED) is 0.376. The highest BCUT2D eigenvalue weighted by Gasteiger charge is 2.41. The van der Waals surface area contributed by atoms with E-state index >= 15 is 0 Å². The lowest BCUT2D eigenvalue weighted by Gasteiger charge is -2.20. The third-order valence-electron chi connectivity index (χ3n) is 1.35. The Morgan fingerprint density at radius 1 is 1.38 bits per heavy atom. The summed E-state index contributed by atoms with van der Waals surface area (Å²) in [7, 11) is -2.44. The first kappa shape index (κ1) is 16.4. The molecular formula is C8H17BrO6P+. The third kappa shape index (κ3) is 7.62. The number of alkyl halides is 1. The Bertz CT molecular complexity index is 205. The van der Waals surface area contributed by atoms with Gasteiger partial charge in [-0.05, 0) is 18.4 Å². The van der Waals surface area contributed by atoms with Crippen molar-refractivity contribution in [2.24, 2.45) is 0 Å². The summed E-state index contributed by atoms with van der Waals surface area (Å²) in [5, 5.41) is 10.3. The molecule has 8 heteroatoms. The van der Waals surface area contributed by atoms with Gasteiger partial charge in [0.05, 0.1) is 0 Å². The van der Waals surface area contributed by atoms with Crippen LogP contribution in [-0.4, -0.2) is 42.8 Å². The molecule has 0 aromatic carbocycles. The SMILES string of the molecule is CCOCC(O)(OCC)O[P+](=O)OCCBr. The first-order valence-corrected chi connectivity index (χ1v) is 7.09. The standard InChI is InChI=1S/C8H17BrO6P/c1-3-12-7-8(10,13-4-2)15-16(11)14-6-5-9/h10H,3-7H2,1-2H3/q+1. The zero-order chi connectivity index (χ0) is 12.4. The van der Waals surface area contributed by atoms with E-state index in [1.807, 2.05) is 0 Å². The molecule has 0 aromatic rings. The fraction of sp³-hybridized carbons (Fsp3) is 1.00. The van der Waals surface area contributed by atoms with Crippen LogP contribution >= 0.6 is 24.2 Å². The van der Waals surface area contributed by atoms with Crippen molar-refractivity contribution in [2.75, 3.05) is 31.8 Å². The van der Waals surface area contributed by atoms with Gasteiger partial charge < -0.3 is 14.6 Å². The highest BCUT2D eigenvalue weighted by atomic mass is 79.9. The molecule has 0 saturated heterocycles. The van der Waals surface area contributed by atoms with E-state index in [1.165, 1.54) is 0 Å². The van der Waals surface area contributed by atoms with E-state index in [9.17, 15) is 9.67 Å². The lowest BCUT2D eigenvalue weighted by atomic mass is 10.6. The van der Waals surface area contributed by atoms with Gasteiger partial charge in [0.25, 0.3) is 0 Å². The van der Waals surface area contributed by atoms with Crippen LogP contribution in [-0.2, 0) is 23.1 Å². The molecule has 0 rings (SSSR count). The maximum Gasteiger partial charge on any atom is 0.703 e. The second kappa shape index (κ2) is 9.41. The van der Waals surface area contributed by atoms with Gasteiger partial charge in [-0.25, -0.2) is 0 Å². The number of aliphatic hydroxyl groups is 1. The van der Waals surface area contributed by atoms with Crippen LogP contribution in [0.25, 0.3) is 0 Å². The van der Waals surface area contributed by atoms with Crippen molar-refractivity contribution in [3.63, 3.8) is 0 Å². The van der Waals surface area contributed by atoms with Gasteiger partial charge in [-0.2, -0.15) is 0 Å². The molecular weight excluding hydrogens is 303 g/mol. The summed E-state index contributed by atoms with van der Waals surface area (Å²) in [6.45, 7) is 4.01. The predicted octanol–water partition coefficient (Wildman–Crippen LogP) is 1.79. The molecule has 0 saturated carbocycles. The van der Waals surface area contributed by atoms with Crippen molar-refractivity contribution in [1.29, 1.82) is 0 Å². The zero-order valence-corrected chi connectivity index (χ0v) is 11.8. The molecule has 0 fully saturated rings. The topological polar surface area (TPSA) is 74.2 Å². The number of rotatable bonds is 10. The van der Waals surface area contributed by atoms with Crippen LogP contribution in [0.3, 0.4) is 0 Å². The summed E-state index contributed by atoms with van der Waals surface area (Å²) in [4.78, 5) is 0. The van der Waals surface area contributed by atoms with Crippen LogP contribution in [0.1, 0.15) is 13.8 Å². The largest absolute Gasteiger partial charge is 0.703 e. The normalized spacial score (nSPS) is 15.9. The van der Waals surface area contributed by atoms with Crippen LogP contribution in [0, 0.1) is 0 Å². The summed E-state index contributed by atoms with van der Waals surface area (Å²) in [6.07, 6.45) is 0. The smallest absolute Gasteiger partial charge is 0.373 e. The van der Waals surface area contributed by atoms with Crippen LogP contribution in [0.4, 0.5) is 0 Å². The first-order valence-electron chi connectivity index (χ1n) is 4.87. The minimum atomic E-state index is -2.44. The summed E-state index contributed by atoms with van der Waals surface area (Å²) < 4.78 is 30.6. The molecule has 1 N–H and O–H groups in total. The Morgan fingerprint density at radius 2 is 2.06 bits per heavy atom. The van der Waals surface area contributed by atoms with E-state index in [2.05, 4.69) is 15.9 Å². The molecule has 16 heavy (non-hydrogen) atoms. The van der Waals surface area contributed by atoms with E-state index in [-0.39, 0.29) is 19.8 Å². The van der Waals surface area contributed by atoms with Crippen LogP contribution < -0.4 is 0 Å². The van der Waals surface area contributed by atoms with E-state index in [4.69, 9.17) is 18.5 Å². The number of halogens is 1. The molecule has 0 amide bonds. The molecule has 0 spiro atoms. The van der Waals surface area contributed by atoms with Gasteiger partial charge in [-0.1, -0.05) is 15.9 Å². The fourth-order valence-electron chi connectivity index (χ4n) is 0.803. The van der Waals surface area contributed by atoms with Gasteiger partial charge in [0.1, 0.15) is 13.2 Å². The maximum absolute atomic E-state index is 11.2. The predicted molar refractivity (Wildman–Crippen MR) is 61.5 cm³/mol. The van der Waals surface area contributed by atoms with Crippen molar-refractivity contribution >= 4 is 24.2 Å². The third-order valence-corrected chi connectivity index (χ3v) is 2.50. The fourth-order valence-corrected chi connectivity index (χ4v) is 1.85. The van der Waals surface area contributed by atoms with E-state index in [0.717, 1.165) is 0 Å². The molecule has 6 nitrogen and oxygen atoms in total.